The van der Waals surface area contributed by atoms with Crippen molar-refractivity contribution in [2.24, 2.45) is 0 Å². The Balaban J connectivity index is 2.17. The highest BCUT2D eigenvalue weighted by Crippen LogP contribution is 2.35. The summed E-state index contributed by atoms with van der Waals surface area (Å²) in [6.45, 7) is -1.63. The minimum Gasteiger partial charge on any atom is -0.504 e. The molecule has 2 fully saturated rings. The van der Waals surface area contributed by atoms with Gasteiger partial charge in [0.1, 0.15) is 49.3 Å². The lowest BCUT2D eigenvalue weighted by Crippen LogP contribution is -2.62. The van der Waals surface area contributed by atoms with Crippen LogP contribution in [0, 0.1) is 0 Å². The second-order valence-electron chi connectivity index (χ2n) is 5.83. The molecule has 2 rings (SSSR count). The third-order valence-corrected chi connectivity index (χ3v) is 4.55. The molecule has 0 radical (unpaired) electrons. The molecular formula is C12H23AlO11. The molecule has 140 valence electrons. The van der Waals surface area contributed by atoms with Gasteiger partial charge in [0.2, 0.25) is 5.79 Å². The van der Waals surface area contributed by atoms with E-state index in [9.17, 15) is 30.6 Å². The van der Waals surface area contributed by atoms with Crippen molar-refractivity contribution < 1.29 is 53.7 Å². The molecule has 0 bridgehead atoms. The summed E-state index contributed by atoms with van der Waals surface area (Å²) in [6, 6.07) is 0. The van der Waals surface area contributed by atoms with Crippen molar-refractivity contribution in [3.8, 4) is 0 Å². The maximum absolute atomic E-state index is 10.1. The summed E-state index contributed by atoms with van der Waals surface area (Å²) in [5.41, 5.74) is 0. The molecule has 2 saturated heterocycles. The highest BCUT2D eigenvalue weighted by atomic mass is 27.1. The van der Waals surface area contributed by atoms with Crippen LogP contribution >= 0.6 is 0 Å². The van der Waals surface area contributed by atoms with Gasteiger partial charge in [-0.25, -0.2) is 0 Å². The first-order chi connectivity index (χ1) is 11.3. The Bertz CT molecular complexity index is 414. The summed E-state index contributed by atoms with van der Waals surface area (Å²) in [6.07, 6.45) is -11.9. The largest absolute Gasteiger partial charge is 0.504 e. The number of hydrogen-bond acceptors (Lipinski definition) is 11. The summed E-state index contributed by atoms with van der Waals surface area (Å²) in [5, 5.41) is 68.3. The van der Waals surface area contributed by atoms with Crippen LogP contribution in [0.3, 0.4) is 0 Å². The normalized spacial score (nSPS) is 49.5. The molecule has 0 amide bonds. The van der Waals surface area contributed by atoms with Gasteiger partial charge >= 0.3 is 16.6 Å². The molecule has 0 unspecified atom stereocenters. The van der Waals surface area contributed by atoms with Crippen molar-refractivity contribution in [3.63, 3.8) is 0 Å². The van der Waals surface area contributed by atoms with E-state index in [1.54, 1.807) is 0 Å². The average Bonchev–Trinajstić information content (AvgIpc) is 2.82. The number of aliphatic hydroxyl groups excluding tert-OH is 7. The number of hydrogen-bond donors (Lipinski definition) is 7. The Hall–Kier alpha value is 0.0925. The second-order valence-corrected chi connectivity index (χ2v) is 6.41. The number of rotatable bonds is 6. The van der Waals surface area contributed by atoms with Gasteiger partial charge in [0.25, 0.3) is 0 Å². The molecule has 2 aliphatic rings. The van der Waals surface area contributed by atoms with E-state index in [1.165, 1.54) is 0 Å². The predicted octanol–water partition coefficient (Wildman–Crippen LogP) is -5.82. The third kappa shape index (κ3) is 3.62. The van der Waals surface area contributed by atoms with Crippen LogP contribution < -0.4 is 0 Å². The van der Waals surface area contributed by atoms with Crippen LogP contribution in [0.15, 0.2) is 0 Å². The fraction of sp³-hybridized carbons (Fsp3) is 1.00. The Morgan fingerprint density at radius 3 is 2.08 bits per heavy atom. The zero-order chi connectivity index (χ0) is 18.1. The van der Waals surface area contributed by atoms with Crippen LogP contribution in [0.4, 0.5) is 0 Å². The zero-order valence-corrected chi connectivity index (χ0v) is 15.0. The maximum atomic E-state index is 10.1. The molecule has 11 nitrogen and oxygen atoms in total. The lowest BCUT2D eigenvalue weighted by Gasteiger charge is -2.43. The zero-order valence-electron chi connectivity index (χ0n) is 13.0. The molecule has 24 heavy (non-hydrogen) atoms. The summed E-state index contributed by atoms with van der Waals surface area (Å²) in [4.78, 5) is 0. The van der Waals surface area contributed by atoms with Crippen LogP contribution in [0.5, 0.6) is 0 Å². The molecule has 2 heterocycles. The van der Waals surface area contributed by atoms with Crippen molar-refractivity contribution in [2.75, 3.05) is 19.8 Å². The monoisotopic (exact) mass is 370 g/mol. The Labute approximate surface area is 145 Å². The molecule has 0 aromatic carbocycles. The highest BCUT2D eigenvalue weighted by molar-refractivity contribution is 5.97. The molecule has 2 aliphatic heterocycles. The molecular weight excluding hydrogens is 347 g/mol. The summed E-state index contributed by atoms with van der Waals surface area (Å²) < 4.78 is 20.8. The molecule has 7 N–H and O–H groups in total. The van der Waals surface area contributed by atoms with E-state index >= 15 is 0 Å². The van der Waals surface area contributed by atoms with Gasteiger partial charge in [-0.2, -0.15) is 0 Å². The SMILES string of the molecule is OC[C@H]1O[C@@](CO)(O[C@H]2O[C@H](C[O][AlH2])[C@@H](O)[C@H](O)[C@H]2O)[C@@H](O)[C@@H]1O. The first-order valence-electron chi connectivity index (χ1n) is 7.43. The van der Waals surface area contributed by atoms with E-state index in [1.807, 2.05) is 0 Å². The first-order valence-corrected chi connectivity index (χ1v) is 8.25. The predicted molar refractivity (Wildman–Crippen MR) is 76.1 cm³/mol. The van der Waals surface area contributed by atoms with Crippen molar-refractivity contribution in [1.82, 2.24) is 0 Å². The molecule has 0 aliphatic carbocycles. The van der Waals surface area contributed by atoms with Gasteiger partial charge in [-0.15, -0.1) is 0 Å². The Kier molecular flexibility index (Phi) is 6.96. The van der Waals surface area contributed by atoms with Gasteiger partial charge in [0.05, 0.1) is 6.61 Å². The fourth-order valence-corrected chi connectivity index (χ4v) is 3.11. The average molecular weight is 370 g/mol. The van der Waals surface area contributed by atoms with Crippen molar-refractivity contribution >= 4 is 16.6 Å². The molecule has 12 heteroatoms. The van der Waals surface area contributed by atoms with Crippen molar-refractivity contribution in [2.45, 2.75) is 54.8 Å². The van der Waals surface area contributed by atoms with Crippen LogP contribution in [0.25, 0.3) is 0 Å². The van der Waals surface area contributed by atoms with Gasteiger partial charge < -0.3 is 53.7 Å². The van der Waals surface area contributed by atoms with E-state index in [0.29, 0.717) is 16.6 Å². The third-order valence-electron chi connectivity index (χ3n) is 4.22. The van der Waals surface area contributed by atoms with E-state index in [-0.39, 0.29) is 6.61 Å². The van der Waals surface area contributed by atoms with E-state index < -0.39 is 68.0 Å². The summed E-state index contributed by atoms with van der Waals surface area (Å²) in [7, 11) is 0. The van der Waals surface area contributed by atoms with Crippen LogP contribution in [-0.4, -0.2) is 127 Å². The number of aliphatic hydroxyl groups is 7. The smallest absolute Gasteiger partial charge is 0.410 e. The standard InChI is InChI=1S/C12H21O11.Al.2H/c13-1-4-6(16)8(18)9(19)11(21-4)23-12(3-15)10(20)7(17)5(2-14)22-12;;;/h4-11,14-20H,1-3H2;;;/q-1;+1;;/t4-,5-,6-,7-,8+,9-,10+,11-,12+;;;/m1.../s1. The molecule has 0 aromatic rings. The molecule has 9 atom stereocenters. The van der Waals surface area contributed by atoms with Crippen LogP contribution in [0.2, 0.25) is 0 Å². The Morgan fingerprint density at radius 1 is 0.917 bits per heavy atom. The quantitative estimate of drug-likeness (QED) is 0.221. The lowest BCUT2D eigenvalue weighted by molar-refractivity contribution is -0.383. The van der Waals surface area contributed by atoms with E-state index in [0.717, 1.165) is 0 Å². The lowest BCUT2D eigenvalue weighted by atomic mass is 9.99. The van der Waals surface area contributed by atoms with Crippen molar-refractivity contribution in [3.05, 3.63) is 0 Å². The molecule has 0 saturated carbocycles. The molecule has 0 aromatic heterocycles. The molecule has 0 spiro atoms. The highest BCUT2D eigenvalue weighted by Gasteiger charge is 2.58. The number of ether oxygens (including phenoxy) is 3. The van der Waals surface area contributed by atoms with Crippen molar-refractivity contribution in [1.29, 1.82) is 0 Å². The van der Waals surface area contributed by atoms with Gasteiger partial charge in [0, 0.05) is 6.61 Å². The summed E-state index contributed by atoms with van der Waals surface area (Å²) >= 11 is 0.349. The van der Waals surface area contributed by atoms with Gasteiger partial charge in [0.15, 0.2) is 6.29 Å². The van der Waals surface area contributed by atoms with Gasteiger partial charge in [-0.05, 0) is 0 Å². The summed E-state index contributed by atoms with van der Waals surface area (Å²) in [5.74, 6) is -2.17. The van der Waals surface area contributed by atoms with E-state index in [2.05, 4.69) is 0 Å². The second kappa shape index (κ2) is 8.19. The Morgan fingerprint density at radius 2 is 1.58 bits per heavy atom. The minimum atomic E-state index is -2.17. The fourth-order valence-electron chi connectivity index (χ4n) is 2.78. The van der Waals surface area contributed by atoms with Crippen LogP contribution in [0.1, 0.15) is 0 Å². The van der Waals surface area contributed by atoms with E-state index in [4.69, 9.17) is 23.1 Å². The minimum absolute atomic E-state index is 0.0611. The van der Waals surface area contributed by atoms with Gasteiger partial charge in [-0.3, -0.25) is 0 Å². The topological polar surface area (TPSA) is 179 Å². The first kappa shape index (κ1) is 20.4. The van der Waals surface area contributed by atoms with Gasteiger partial charge in [-0.1, -0.05) is 0 Å². The maximum Gasteiger partial charge on any atom is 0.410 e. The van der Waals surface area contributed by atoms with Crippen LogP contribution in [-0.2, 0) is 18.0 Å².